The molecule has 1 unspecified atom stereocenters. The van der Waals surface area contributed by atoms with Gasteiger partial charge in [0.25, 0.3) is 0 Å². The lowest BCUT2D eigenvalue weighted by Gasteiger charge is -2.28. The third kappa shape index (κ3) is 3.80. The van der Waals surface area contributed by atoms with Crippen LogP contribution in [0.2, 0.25) is 11.8 Å². The van der Waals surface area contributed by atoms with Crippen molar-refractivity contribution in [1.29, 1.82) is 0 Å². The monoisotopic (exact) mass is 304 g/mol. The maximum Gasteiger partial charge on any atom is 0.376 e. The summed E-state index contributed by atoms with van der Waals surface area (Å²) in [6.07, 6.45) is 2.97. The molecular weight excluding hydrogens is 286 g/mol. The van der Waals surface area contributed by atoms with Gasteiger partial charge in [-0.2, -0.15) is 0 Å². The van der Waals surface area contributed by atoms with E-state index in [0.717, 1.165) is 24.1 Å². The number of benzene rings is 1. The molecule has 0 aromatic heterocycles. The summed E-state index contributed by atoms with van der Waals surface area (Å²) in [5.41, 5.74) is 11.9. The van der Waals surface area contributed by atoms with Gasteiger partial charge in [0, 0.05) is 16.5 Å². The second kappa shape index (κ2) is 7.01. The Morgan fingerprint density at radius 1 is 1.52 bits per heavy atom. The highest BCUT2D eigenvalue weighted by atomic mass is 35.5. The second-order valence-electron chi connectivity index (χ2n) is 5.22. The van der Waals surface area contributed by atoms with Gasteiger partial charge in [-0.1, -0.05) is 35.8 Å². The van der Waals surface area contributed by atoms with Crippen LogP contribution in [0.4, 0.5) is 0 Å². The highest BCUT2D eigenvalue weighted by Gasteiger charge is 2.21. The zero-order valence-corrected chi connectivity index (χ0v) is 13.0. The molecule has 5 nitrogen and oxygen atoms in total. The van der Waals surface area contributed by atoms with Crippen molar-refractivity contribution < 1.29 is 5.02 Å². The van der Waals surface area contributed by atoms with E-state index in [1.807, 2.05) is 29.9 Å². The van der Waals surface area contributed by atoms with E-state index < -0.39 is 7.05 Å². The minimum atomic E-state index is -0.436. The molecule has 0 saturated heterocycles. The van der Waals surface area contributed by atoms with E-state index in [1.54, 1.807) is 6.82 Å². The lowest BCUT2D eigenvalue weighted by atomic mass is 9.82. The summed E-state index contributed by atoms with van der Waals surface area (Å²) < 4.78 is 0. The molecule has 1 aliphatic heterocycles. The van der Waals surface area contributed by atoms with Crippen LogP contribution >= 0.6 is 11.6 Å². The van der Waals surface area contributed by atoms with Gasteiger partial charge < -0.3 is 9.83 Å². The van der Waals surface area contributed by atoms with Crippen LogP contribution in [0.1, 0.15) is 30.5 Å². The van der Waals surface area contributed by atoms with E-state index in [9.17, 15) is 5.02 Å². The van der Waals surface area contributed by atoms with Gasteiger partial charge in [-0.3, -0.25) is 0 Å². The fraction of sp³-hybridized carbons (Fsp3) is 0.429. The standard InChI is InChI=1S/C14H18BClN4O/c1-10(18-19-17)14-9-12(16)3-4-13(14)11-5-7-20(8-6-11)15(2)21/h3-5,9-10,21H,6-8H2,1-2H3. The van der Waals surface area contributed by atoms with E-state index in [1.165, 1.54) is 5.57 Å². The van der Waals surface area contributed by atoms with Crippen LogP contribution in [0.3, 0.4) is 0 Å². The van der Waals surface area contributed by atoms with Crippen LogP contribution in [0, 0.1) is 0 Å². The summed E-state index contributed by atoms with van der Waals surface area (Å²) in [4.78, 5) is 4.88. The summed E-state index contributed by atoms with van der Waals surface area (Å²) in [5, 5.41) is 14.0. The summed E-state index contributed by atoms with van der Waals surface area (Å²) >= 11 is 6.07. The lowest BCUT2D eigenvalue weighted by Crippen LogP contribution is -2.39. The highest BCUT2D eigenvalue weighted by molar-refractivity contribution is 6.45. The molecule has 1 aromatic carbocycles. The van der Waals surface area contributed by atoms with Crippen molar-refractivity contribution in [3.63, 3.8) is 0 Å². The topological polar surface area (TPSA) is 72.2 Å². The molecule has 1 aromatic rings. The quantitative estimate of drug-likeness (QED) is 0.396. The first-order valence-electron chi connectivity index (χ1n) is 6.98. The predicted molar refractivity (Wildman–Crippen MR) is 87.0 cm³/mol. The van der Waals surface area contributed by atoms with Crippen molar-refractivity contribution in [2.24, 2.45) is 5.11 Å². The van der Waals surface area contributed by atoms with Gasteiger partial charge in [0.1, 0.15) is 0 Å². The maximum absolute atomic E-state index is 9.61. The Hall–Kier alpha value is -1.46. The Balaban J connectivity index is 2.34. The van der Waals surface area contributed by atoms with Gasteiger partial charge in [-0.25, -0.2) is 0 Å². The Labute approximate surface area is 130 Å². The van der Waals surface area contributed by atoms with Gasteiger partial charge in [-0.05, 0) is 54.2 Å². The molecule has 0 spiro atoms. The third-order valence-electron chi connectivity index (χ3n) is 3.80. The Morgan fingerprint density at radius 2 is 2.29 bits per heavy atom. The molecule has 110 valence electrons. The van der Waals surface area contributed by atoms with Gasteiger partial charge in [0.05, 0.1) is 6.04 Å². The van der Waals surface area contributed by atoms with Crippen LogP contribution in [0.5, 0.6) is 0 Å². The average Bonchev–Trinajstić information content (AvgIpc) is 2.47. The van der Waals surface area contributed by atoms with Crippen molar-refractivity contribution in [2.45, 2.75) is 26.2 Å². The number of hydrogen-bond acceptors (Lipinski definition) is 3. The molecular formula is C14H18BClN4O. The molecule has 1 heterocycles. The first-order chi connectivity index (χ1) is 10.0. The largest absolute Gasteiger partial charge is 0.437 e. The Bertz CT molecular complexity index is 599. The van der Waals surface area contributed by atoms with E-state index in [0.29, 0.717) is 11.6 Å². The summed E-state index contributed by atoms with van der Waals surface area (Å²) in [6.45, 7) is 5.16. The minimum absolute atomic E-state index is 0.264. The summed E-state index contributed by atoms with van der Waals surface area (Å²) in [6, 6.07) is 5.42. The number of halogens is 1. The van der Waals surface area contributed by atoms with Gasteiger partial charge in [0.15, 0.2) is 0 Å². The van der Waals surface area contributed by atoms with E-state index >= 15 is 0 Å². The average molecular weight is 305 g/mol. The molecule has 0 amide bonds. The molecule has 7 heteroatoms. The molecule has 1 N–H and O–H groups in total. The van der Waals surface area contributed by atoms with Crippen molar-refractivity contribution >= 4 is 24.2 Å². The Morgan fingerprint density at radius 3 is 2.86 bits per heavy atom. The summed E-state index contributed by atoms with van der Waals surface area (Å²) in [5.74, 6) is 0. The first kappa shape index (κ1) is 15.9. The number of azide groups is 1. The lowest BCUT2D eigenvalue weighted by molar-refractivity contribution is 0.392. The number of nitrogens with zero attached hydrogens (tertiary/aromatic N) is 4. The third-order valence-corrected chi connectivity index (χ3v) is 4.04. The normalized spacial score (nSPS) is 16.9. The van der Waals surface area contributed by atoms with Crippen LogP contribution in [0.25, 0.3) is 16.0 Å². The Kier molecular flexibility index (Phi) is 5.31. The molecule has 0 saturated carbocycles. The van der Waals surface area contributed by atoms with Gasteiger partial charge in [0.2, 0.25) is 0 Å². The van der Waals surface area contributed by atoms with Crippen molar-refractivity contribution in [3.05, 3.63) is 50.9 Å². The minimum Gasteiger partial charge on any atom is -0.437 e. The predicted octanol–water partition coefficient (Wildman–Crippen LogP) is 3.91. The molecule has 2 rings (SSSR count). The van der Waals surface area contributed by atoms with Crippen LogP contribution in [-0.4, -0.2) is 30.0 Å². The highest BCUT2D eigenvalue weighted by Crippen LogP contribution is 2.32. The summed E-state index contributed by atoms with van der Waals surface area (Å²) in [7, 11) is -0.436. The zero-order valence-electron chi connectivity index (χ0n) is 12.2. The SMILES string of the molecule is CB(O)N1CC=C(c2ccc(Cl)cc2C(C)N=[N+]=[N-])CC1. The molecule has 0 aliphatic carbocycles. The van der Waals surface area contributed by atoms with Crippen LogP contribution < -0.4 is 0 Å². The molecule has 21 heavy (non-hydrogen) atoms. The number of hydrogen-bond donors (Lipinski definition) is 1. The van der Waals surface area contributed by atoms with E-state index in [2.05, 4.69) is 16.1 Å². The smallest absolute Gasteiger partial charge is 0.376 e. The van der Waals surface area contributed by atoms with Crippen LogP contribution in [0.15, 0.2) is 29.4 Å². The molecule has 1 aliphatic rings. The fourth-order valence-electron chi connectivity index (χ4n) is 2.58. The molecule has 0 radical (unpaired) electrons. The van der Waals surface area contributed by atoms with E-state index in [-0.39, 0.29) is 6.04 Å². The van der Waals surface area contributed by atoms with Crippen molar-refractivity contribution in [1.82, 2.24) is 4.81 Å². The van der Waals surface area contributed by atoms with Crippen molar-refractivity contribution in [3.8, 4) is 0 Å². The first-order valence-corrected chi connectivity index (χ1v) is 7.36. The molecule has 1 atom stereocenters. The zero-order chi connectivity index (χ0) is 15.4. The fourth-order valence-corrected chi connectivity index (χ4v) is 2.76. The maximum atomic E-state index is 9.61. The van der Waals surface area contributed by atoms with Crippen molar-refractivity contribution in [2.75, 3.05) is 13.1 Å². The van der Waals surface area contributed by atoms with Gasteiger partial charge >= 0.3 is 7.05 Å². The second-order valence-corrected chi connectivity index (χ2v) is 5.66. The van der Waals surface area contributed by atoms with Gasteiger partial charge in [-0.15, -0.1) is 0 Å². The van der Waals surface area contributed by atoms with Crippen LogP contribution in [-0.2, 0) is 0 Å². The number of rotatable bonds is 4. The van der Waals surface area contributed by atoms with E-state index in [4.69, 9.17) is 17.1 Å². The molecule has 0 bridgehead atoms. The molecule has 0 fully saturated rings.